The number of hydrogen-bond donors (Lipinski definition) is 1. The van der Waals surface area contributed by atoms with E-state index < -0.39 is 0 Å². The van der Waals surface area contributed by atoms with Gasteiger partial charge in [-0.25, -0.2) is 4.98 Å². The lowest BCUT2D eigenvalue weighted by atomic mass is 10.0. The van der Waals surface area contributed by atoms with Crippen molar-refractivity contribution in [2.75, 3.05) is 7.05 Å². The van der Waals surface area contributed by atoms with Crippen molar-refractivity contribution in [1.29, 1.82) is 0 Å². The zero-order chi connectivity index (χ0) is 20.1. The number of rotatable bonds is 6. The van der Waals surface area contributed by atoms with Crippen LogP contribution in [0, 0.1) is 13.8 Å². The highest BCUT2D eigenvalue weighted by Crippen LogP contribution is 2.28. The van der Waals surface area contributed by atoms with Gasteiger partial charge in [-0.05, 0) is 55.2 Å². The molecule has 0 atom stereocenters. The topological polar surface area (TPSA) is 54.4 Å². The third-order valence-electron chi connectivity index (χ3n) is 4.63. The fourth-order valence-electron chi connectivity index (χ4n) is 3.00. The maximum atomic E-state index is 11.7. The van der Waals surface area contributed by atoms with Gasteiger partial charge < -0.3 is 5.32 Å². The lowest BCUT2D eigenvalue weighted by Crippen LogP contribution is -2.17. The van der Waals surface area contributed by atoms with E-state index in [2.05, 4.69) is 48.6 Å². The number of aromatic nitrogens is 1. The van der Waals surface area contributed by atoms with Gasteiger partial charge in [-0.15, -0.1) is 11.3 Å². The fraction of sp³-hybridized carbons (Fsp3) is 0.261. The first-order chi connectivity index (χ1) is 13.5. The molecule has 0 bridgehead atoms. The zero-order valence-corrected chi connectivity index (χ0v) is 17.6. The number of amides is 1. The summed E-state index contributed by atoms with van der Waals surface area (Å²) in [4.78, 5) is 21.0. The number of thiazole rings is 1. The Morgan fingerprint density at radius 2 is 1.93 bits per heavy atom. The predicted octanol–water partition coefficient (Wildman–Crippen LogP) is 5.49. The van der Waals surface area contributed by atoms with E-state index in [-0.39, 0.29) is 5.91 Å². The summed E-state index contributed by atoms with van der Waals surface area (Å²) in [5.41, 5.74) is 7.36. The molecule has 0 spiro atoms. The molecular formula is C23H25N3OS. The van der Waals surface area contributed by atoms with E-state index in [0.29, 0.717) is 5.56 Å². The molecule has 0 fully saturated rings. The standard InChI is InChI=1S/C23H25N3OS/c1-5-10-25-20-12-15(2)19(11-16(20)3)13-22-26-21(14-28-22)17-6-8-18(9-7-17)23(27)24-4/h6-12,14H,5,13H2,1-4H3,(H,24,27). The zero-order valence-electron chi connectivity index (χ0n) is 16.7. The molecule has 1 N–H and O–H groups in total. The normalized spacial score (nSPS) is 11.1. The smallest absolute Gasteiger partial charge is 0.251 e. The summed E-state index contributed by atoms with van der Waals surface area (Å²) in [5, 5.41) is 5.79. The van der Waals surface area contributed by atoms with Gasteiger partial charge in [-0.2, -0.15) is 0 Å². The van der Waals surface area contributed by atoms with Gasteiger partial charge in [0.1, 0.15) is 0 Å². The second-order valence-electron chi connectivity index (χ2n) is 6.74. The summed E-state index contributed by atoms with van der Waals surface area (Å²) in [7, 11) is 1.63. The van der Waals surface area contributed by atoms with Crippen LogP contribution in [0.1, 0.15) is 45.4 Å². The van der Waals surface area contributed by atoms with Crippen LogP contribution in [0.4, 0.5) is 5.69 Å². The average molecular weight is 392 g/mol. The predicted molar refractivity (Wildman–Crippen MR) is 118 cm³/mol. The molecule has 28 heavy (non-hydrogen) atoms. The van der Waals surface area contributed by atoms with Gasteiger partial charge >= 0.3 is 0 Å². The van der Waals surface area contributed by atoms with Crippen molar-refractivity contribution in [2.24, 2.45) is 4.99 Å². The largest absolute Gasteiger partial charge is 0.355 e. The lowest BCUT2D eigenvalue weighted by molar-refractivity contribution is 0.0963. The van der Waals surface area contributed by atoms with Crippen LogP contribution < -0.4 is 5.32 Å². The third kappa shape index (κ3) is 4.54. The number of nitrogens with one attached hydrogen (secondary N) is 1. The second-order valence-corrected chi connectivity index (χ2v) is 7.69. The molecular weight excluding hydrogens is 366 g/mol. The van der Waals surface area contributed by atoms with Gasteiger partial charge in [0.15, 0.2) is 0 Å². The second kappa shape index (κ2) is 8.93. The summed E-state index contributed by atoms with van der Waals surface area (Å²) >= 11 is 1.67. The van der Waals surface area contributed by atoms with Crippen molar-refractivity contribution in [3.05, 3.63) is 69.0 Å². The molecule has 3 aromatic rings. The molecule has 1 amide bonds. The number of benzene rings is 2. The highest BCUT2D eigenvalue weighted by molar-refractivity contribution is 7.10. The van der Waals surface area contributed by atoms with E-state index in [1.807, 2.05) is 30.5 Å². The molecule has 0 radical (unpaired) electrons. The average Bonchev–Trinajstić information content (AvgIpc) is 3.17. The van der Waals surface area contributed by atoms with Crippen molar-refractivity contribution >= 4 is 29.1 Å². The van der Waals surface area contributed by atoms with Crippen LogP contribution in [0.15, 0.2) is 46.8 Å². The van der Waals surface area contributed by atoms with Gasteiger partial charge in [0.25, 0.3) is 5.91 Å². The molecule has 0 aliphatic rings. The maximum Gasteiger partial charge on any atom is 0.251 e. The van der Waals surface area contributed by atoms with Crippen LogP contribution in [0.3, 0.4) is 0 Å². The first-order valence-electron chi connectivity index (χ1n) is 9.41. The molecule has 1 heterocycles. The Balaban J connectivity index is 1.79. The minimum Gasteiger partial charge on any atom is -0.355 e. The molecule has 0 aliphatic heterocycles. The molecule has 3 rings (SSSR count). The molecule has 2 aromatic carbocycles. The van der Waals surface area contributed by atoms with E-state index in [0.717, 1.165) is 34.8 Å². The summed E-state index contributed by atoms with van der Waals surface area (Å²) in [6.07, 6.45) is 3.70. The number of aryl methyl sites for hydroxylation is 2. The van der Waals surface area contributed by atoms with E-state index in [9.17, 15) is 4.79 Å². The van der Waals surface area contributed by atoms with Gasteiger partial charge in [0.2, 0.25) is 0 Å². The van der Waals surface area contributed by atoms with Crippen molar-refractivity contribution < 1.29 is 4.79 Å². The quantitative estimate of drug-likeness (QED) is 0.565. The summed E-state index contributed by atoms with van der Waals surface area (Å²) in [6, 6.07) is 11.9. The SMILES string of the molecule is CCC=Nc1cc(C)c(Cc2nc(-c3ccc(C(=O)NC)cc3)cs2)cc1C. The van der Waals surface area contributed by atoms with Crippen LogP contribution in [-0.4, -0.2) is 24.2 Å². The van der Waals surface area contributed by atoms with E-state index in [1.54, 1.807) is 18.4 Å². The first-order valence-corrected chi connectivity index (χ1v) is 10.3. The Morgan fingerprint density at radius 1 is 1.18 bits per heavy atom. The lowest BCUT2D eigenvalue weighted by Gasteiger charge is -2.08. The molecule has 0 saturated carbocycles. The Morgan fingerprint density at radius 3 is 2.61 bits per heavy atom. The molecule has 5 heteroatoms. The first kappa shape index (κ1) is 20.0. The van der Waals surface area contributed by atoms with E-state index in [4.69, 9.17) is 4.98 Å². The van der Waals surface area contributed by atoms with Crippen LogP contribution in [-0.2, 0) is 6.42 Å². The monoisotopic (exact) mass is 391 g/mol. The summed E-state index contributed by atoms with van der Waals surface area (Å²) in [6.45, 7) is 6.32. The van der Waals surface area contributed by atoms with Crippen LogP contribution in [0.5, 0.6) is 0 Å². The molecule has 0 aliphatic carbocycles. The van der Waals surface area contributed by atoms with Crippen LogP contribution in [0.25, 0.3) is 11.3 Å². The van der Waals surface area contributed by atoms with Gasteiger partial charge in [0, 0.05) is 36.2 Å². The minimum absolute atomic E-state index is 0.0805. The van der Waals surface area contributed by atoms with Crippen LogP contribution in [0.2, 0.25) is 0 Å². The fourth-order valence-corrected chi connectivity index (χ4v) is 3.83. The molecule has 144 valence electrons. The van der Waals surface area contributed by atoms with Crippen molar-refractivity contribution in [3.63, 3.8) is 0 Å². The number of hydrogen-bond acceptors (Lipinski definition) is 4. The summed E-state index contributed by atoms with van der Waals surface area (Å²) < 4.78 is 0. The van der Waals surface area contributed by atoms with Gasteiger partial charge in [-0.3, -0.25) is 9.79 Å². The number of carbonyl (C=O) groups excluding carboxylic acids is 1. The number of aliphatic imine (C=N–C) groups is 1. The number of carbonyl (C=O) groups is 1. The number of nitrogens with zero attached hydrogens (tertiary/aromatic N) is 2. The minimum atomic E-state index is -0.0805. The van der Waals surface area contributed by atoms with Crippen molar-refractivity contribution in [3.8, 4) is 11.3 Å². The van der Waals surface area contributed by atoms with E-state index >= 15 is 0 Å². The van der Waals surface area contributed by atoms with E-state index in [1.165, 1.54) is 16.7 Å². The van der Waals surface area contributed by atoms with Crippen LogP contribution >= 0.6 is 11.3 Å². The molecule has 1 aromatic heterocycles. The highest BCUT2D eigenvalue weighted by atomic mass is 32.1. The maximum absolute atomic E-state index is 11.7. The Bertz CT molecular complexity index is 1000. The Kier molecular flexibility index (Phi) is 6.37. The third-order valence-corrected chi connectivity index (χ3v) is 5.48. The molecule has 0 unspecified atom stereocenters. The van der Waals surface area contributed by atoms with Crippen molar-refractivity contribution in [2.45, 2.75) is 33.6 Å². The van der Waals surface area contributed by atoms with Gasteiger partial charge in [0.05, 0.1) is 16.4 Å². The van der Waals surface area contributed by atoms with Gasteiger partial charge in [-0.1, -0.05) is 25.1 Å². The summed E-state index contributed by atoms with van der Waals surface area (Å²) in [5.74, 6) is -0.0805. The highest BCUT2D eigenvalue weighted by Gasteiger charge is 2.10. The van der Waals surface area contributed by atoms with Crippen molar-refractivity contribution in [1.82, 2.24) is 10.3 Å². The molecule has 0 saturated heterocycles. The molecule has 4 nitrogen and oxygen atoms in total. The Hall–Kier alpha value is -2.79. The Labute approximate surface area is 170 Å².